The zero-order valence-electron chi connectivity index (χ0n) is 12.3. The number of nitrogens with two attached hydrogens (primary N) is 1. The quantitative estimate of drug-likeness (QED) is 0.435. The molecular weight excluding hydrogens is 392 g/mol. The molecule has 0 aliphatic carbocycles. The summed E-state index contributed by atoms with van der Waals surface area (Å²) in [4.78, 5) is 4.28. The minimum absolute atomic E-state index is 0. The molecule has 0 aliphatic rings. The average molecular weight is 413 g/mol. The van der Waals surface area contributed by atoms with Gasteiger partial charge < -0.3 is 11.1 Å². The Bertz CT molecular complexity index is 587. The van der Waals surface area contributed by atoms with E-state index in [1.807, 2.05) is 24.3 Å². The summed E-state index contributed by atoms with van der Waals surface area (Å²) in [7, 11) is 0. The van der Waals surface area contributed by atoms with Crippen molar-refractivity contribution in [2.45, 2.75) is 12.8 Å². The van der Waals surface area contributed by atoms with Gasteiger partial charge in [-0.3, -0.25) is 4.99 Å². The third-order valence-electron chi connectivity index (χ3n) is 3.13. The highest BCUT2D eigenvalue weighted by Gasteiger charge is 1.97. The lowest BCUT2D eigenvalue weighted by molar-refractivity contribution is 0.625. The number of nitrogens with zero attached hydrogens (tertiary/aromatic N) is 1. The molecular formula is C17H21FIN3. The van der Waals surface area contributed by atoms with Crippen molar-refractivity contribution >= 4 is 29.9 Å². The van der Waals surface area contributed by atoms with Crippen molar-refractivity contribution in [3.05, 3.63) is 71.5 Å². The van der Waals surface area contributed by atoms with Crippen molar-refractivity contribution in [1.82, 2.24) is 5.32 Å². The van der Waals surface area contributed by atoms with E-state index in [1.165, 1.54) is 17.7 Å². The number of nitrogens with one attached hydrogen (secondary N) is 1. The molecule has 0 spiro atoms. The molecule has 0 unspecified atom stereocenters. The van der Waals surface area contributed by atoms with Crippen LogP contribution in [0.15, 0.2) is 59.6 Å². The van der Waals surface area contributed by atoms with E-state index < -0.39 is 0 Å². The molecule has 2 rings (SSSR count). The number of halogens is 2. The summed E-state index contributed by atoms with van der Waals surface area (Å²) in [6, 6.07) is 16.7. The molecule has 3 N–H and O–H groups in total. The summed E-state index contributed by atoms with van der Waals surface area (Å²) >= 11 is 0. The molecule has 0 atom stereocenters. The van der Waals surface area contributed by atoms with Gasteiger partial charge in [0.05, 0.1) is 0 Å². The van der Waals surface area contributed by atoms with Crippen molar-refractivity contribution in [3.8, 4) is 0 Å². The van der Waals surface area contributed by atoms with E-state index in [0.717, 1.165) is 12.0 Å². The molecule has 0 aliphatic heterocycles. The van der Waals surface area contributed by atoms with Crippen LogP contribution in [0.2, 0.25) is 0 Å². The molecule has 0 heterocycles. The second kappa shape index (κ2) is 10.2. The largest absolute Gasteiger partial charge is 0.370 e. The van der Waals surface area contributed by atoms with Gasteiger partial charge in [0, 0.05) is 13.1 Å². The molecule has 5 heteroatoms. The van der Waals surface area contributed by atoms with Gasteiger partial charge in [0.25, 0.3) is 0 Å². The normalized spacial score (nSPS) is 10.9. The Labute approximate surface area is 147 Å². The molecule has 0 saturated carbocycles. The Kier molecular flexibility index (Phi) is 8.50. The van der Waals surface area contributed by atoms with Gasteiger partial charge in [-0.05, 0) is 36.1 Å². The summed E-state index contributed by atoms with van der Waals surface area (Å²) in [6.07, 6.45) is 1.58. The Balaban J connectivity index is 0.00000242. The summed E-state index contributed by atoms with van der Waals surface area (Å²) in [5, 5.41) is 3.04. The van der Waals surface area contributed by atoms with Gasteiger partial charge in [-0.15, -0.1) is 24.0 Å². The first-order valence-electron chi connectivity index (χ1n) is 7.06. The van der Waals surface area contributed by atoms with Crippen molar-refractivity contribution < 1.29 is 4.39 Å². The highest BCUT2D eigenvalue weighted by Crippen LogP contribution is 2.03. The molecule has 2 aromatic rings. The Hall–Kier alpha value is -1.63. The topological polar surface area (TPSA) is 50.4 Å². The molecule has 0 saturated heterocycles. The maximum Gasteiger partial charge on any atom is 0.188 e. The zero-order chi connectivity index (χ0) is 14.9. The Morgan fingerprint density at radius 3 is 2.45 bits per heavy atom. The van der Waals surface area contributed by atoms with E-state index >= 15 is 0 Å². The molecule has 0 radical (unpaired) electrons. The number of benzene rings is 2. The second-order valence-corrected chi connectivity index (χ2v) is 4.81. The van der Waals surface area contributed by atoms with Crippen LogP contribution in [-0.2, 0) is 12.8 Å². The third-order valence-corrected chi connectivity index (χ3v) is 3.13. The van der Waals surface area contributed by atoms with Gasteiger partial charge in [0.15, 0.2) is 5.96 Å². The van der Waals surface area contributed by atoms with Crippen molar-refractivity contribution in [3.63, 3.8) is 0 Å². The molecule has 0 aromatic heterocycles. The predicted octanol–water partition coefficient (Wildman–Crippen LogP) is 3.13. The summed E-state index contributed by atoms with van der Waals surface area (Å²) < 4.78 is 13.0. The first kappa shape index (κ1) is 18.4. The van der Waals surface area contributed by atoms with Crippen LogP contribution in [0.25, 0.3) is 0 Å². The van der Waals surface area contributed by atoms with Crippen LogP contribution >= 0.6 is 24.0 Å². The first-order chi connectivity index (χ1) is 10.2. The first-order valence-corrected chi connectivity index (χ1v) is 7.06. The van der Waals surface area contributed by atoms with Crippen LogP contribution in [0.4, 0.5) is 4.39 Å². The molecule has 0 fully saturated rings. The average Bonchev–Trinajstić information content (AvgIpc) is 2.48. The standard InChI is InChI=1S/C17H20FN3.HI/c18-16-8-4-7-15(13-16)10-12-21-17(19)20-11-9-14-5-2-1-3-6-14;/h1-8,13H,9-12H2,(H3,19,20,21);1H. The van der Waals surface area contributed by atoms with Crippen LogP contribution in [0, 0.1) is 5.82 Å². The predicted molar refractivity (Wildman–Crippen MR) is 100 cm³/mol. The van der Waals surface area contributed by atoms with Gasteiger partial charge in [-0.1, -0.05) is 42.5 Å². The van der Waals surface area contributed by atoms with Crippen LogP contribution < -0.4 is 11.1 Å². The third kappa shape index (κ3) is 6.89. The molecule has 2 aromatic carbocycles. The summed E-state index contributed by atoms with van der Waals surface area (Å²) in [5.41, 5.74) is 7.99. The fraction of sp³-hybridized carbons (Fsp3) is 0.235. The van der Waals surface area contributed by atoms with E-state index in [0.29, 0.717) is 25.5 Å². The molecule has 0 amide bonds. The molecule has 0 bridgehead atoms. The number of hydrogen-bond acceptors (Lipinski definition) is 1. The summed E-state index contributed by atoms with van der Waals surface area (Å²) in [6.45, 7) is 1.30. The van der Waals surface area contributed by atoms with E-state index in [9.17, 15) is 4.39 Å². The molecule has 22 heavy (non-hydrogen) atoms. The van der Waals surface area contributed by atoms with Gasteiger partial charge in [-0.25, -0.2) is 4.39 Å². The Morgan fingerprint density at radius 1 is 1.00 bits per heavy atom. The highest BCUT2D eigenvalue weighted by atomic mass is 127. The minimum atomic E-state index is -0.211. The SMILES string of the molecule is I.NC(=NCCc1ccccc1)NCCc1cccc(F)c1. The lowest BCUT2D eigenvalue weighted by Gasteiger charge is -2.06. The van der Waals surface area contributed by atoms with Crippen LogP contribution in [0.5, 0.6) is 0 Å². The van der Waals surface area contributed by atoms with E-state index in [-0.39, 0.29) is 29.8 Å². The van der Waals surface area contributed by atoms with Gasteiger partial charge in [0.1, 0.15) is 5.82 Å². The van der Waals surface area contributed by atoms with Gasteiger partial charge in [0.2, 0.25) is 0 Å². The monoisotopic (exact) mass is 413 g/mol. The smallest absolute Gasteiger partial charge is 0.188 e. The summed E-state index contributed by atoms with van der Waals surface area (Å²) in [5.74, 6) is 0.222. The van der Waals surface area contributed by atoms with Gasteiger partial charge in [-0.2, -0.15) is 0 Å². The fourth-order valence-electron chi connectivity index (χ4n) is 2.03. The maximum atomic E-state index is 13.0. The number of aliphatic imine (C=N–C) groups is 1. The van der Waals surface area contributed by atoms with Gasteiger partial charge >= 0.3 is 0 Å². The highest BCUT2D eigenvalue weighted by molar-refractivity contribution is 14.0. The molecule has 3 nitrogen and oxygen atoms in total. The maximum absolute atomic E-state index is 13.0. The van der Waals surface area contributed by atoms with Crippen molar-refractivity contribution in [2.24, 2.45) is 10.7 Å². The lowest BCUT2D eigenvalue weighted by Crippen LogP contribution is -2.33. The Morgan fingerprint density at radius 2 is 1.73 bits per heavy atom. The lowest BCUT2D eigenvalue weighted by atomic mass is 10.1. The van der Waals surface area contributed by atoms with Crippen molar-refractivity contribution in [2.75, 3.05) is 13.1 Å². The molecule has 118 valence electrons. The van der Waals surface area contributed by atoms with Crippen LogP contribution in [-0.4, -0.2) is 19.0 Å². The minimum Gasteiger partial charge on any atom is -0.370 e. The second-order valence-electron chi connectivity index (χ2n) is 4.81. The van der Waals surface area contributed by atoms with Crippen LogP contribution in [0.3, 0.4) is 0 Å². The number of hydrogen-bond donors (Lipinski definition) is 2. The van der Waals surface area contributed by atoms with Crippen LogP contribution in [0.1, 0.15) is 11.1 Å². The number of guanidine groups is 1. The zero-order valence-corrected chi connectivity index (χ0v) is 14.7. The fourth-order valence-corrected chi connectivity index (χ4v) is 2.03. The van der Waals surface area contributed by atoms with E-state index in [4.69, 9.17) is 5.73 Å². The van der Waals surface area contributed by atoms with Crippen molar-refractivity contribution in [1.29, 1.82) is 0 Å². The number of rotatable bonds is 6. The van der Waals surface area contributed by atoms with E-state index in [1.54, 1.807) is 6.07 Å². The van der Waals surface area contributed by atoms with E-state index in [2.05, 4.69) is 22.4 Å².